The van der Waals surface area contributed by atoms with Gasteiger partial charge in [-0.2, -0.15) is 0 Å². The molecule has 1 fully saturated rings. The number of hydrogen-bond donors (Lipinski definition) is 1. The molecule has 1 saturated heterocycles. The summed E-state index contributed by atoms with van der Waals surface area (Å²) in [5.74, 6) is 0.806. The lowest BCUT2D eigenvalue weighted by atomic mass is 9.93. The van der Waals surface area contributed by atoms with Crippen molar-refractivity contribution in [3.8, 4) is 0 Å². The predicted molar refractivity (Wildman–Crippen MR) is 80.1 cm³/mol. The zero-order chi connectivity index (χ0) is 13.1. The molecule has 1 aromatic heterocycles. The maximum absolute atomic E-state index is 6.06. The molecule has 0 radical (unpaired) electrons. The zero-order valence-corrected chi connectivity index (χ0v) is 12.7. The molecular weight excluding hydrogens is 240 g/mol. The van der Waals surface area contributed by atoms with Crippen LogP contribution in [0.5, 0.6) is 0 Å². The van der Waals surface area contributed by atoms with E-state index in [2.05, 4.69) is 37.8 Å². The van der Waals surface area contributed by atoms with Crippen LogP contribution >= 0.6 is 11.3 Å². The van der Waals surface area contributed by atoms with Crippen LogP contribution in [0, 0.1) is 5.92 Å². The Morgan fingerprint density at radius 3 is 2.78 bits per heavy atom. The highest BCUT2D eigenvalue weighted by molar-refractivity contribution is 7.12. The van der Waals surface area contributed by atoms with Gasteiger partial charge >= 0.3 is 0 Å². The average Bonchev–Trinajstić information content (AvgIpc) is 2.83. The number of rotatable bonds is 4. The Morgan fingerprint density at radius 1 is 1.39 bits per heavy atom. The summed E-state index contributed by atoms with van der Waals surface area (Å²) in [6, 6.07) is 5.64. The fraction of sp³-hybridized carbons (Fsp3) is 0.733. The monoisotopic (exact) mass is 266 g/mol. The molecule has 3 atom stereocenters. The van der Waals surface area contributed by atoms with Gasteiger partial charge in [0.05, 0.1) is 6.04 Å². The summed E-state index contributed by atoms with van der Waals surface area (Å²) in [6.07, 6.45) is 3.80. The van der Waals surface area contributed by atoms with Crippen molar-refractivity contribution < 1.29 is 0 Å². The lowest BCUT2D eigenvalue weighted by molar-refractivity contribution is 0.0814. The van der Waals surface area contributed by atoms with E-state index in [0.29, 0.717) is 12.1 Å². The van der Waals surface area contributed by atoms with Crippen LogP contribution in [0.25, 0.3) is 0 Å². The average molecular weight is 266 g/mol. The van der Waals surface area contributed by atoms with E-state index < -0.39 is 0 Å². The Kier molecular flexibility index (Phi) is 4.82. The normalized spacial score (nSPS) is 27.3. The first-order chi connectivity index (χ1) is 8.65. The predicted octanol–water partition coefficient (Wildman–Crippen LogP) is 3.43. The summed E-state index contributed by atoms with van der Waals surface area (Å²) in [7, 11) is 0. The van der Waals surface area contributed by atoms with Crippen molar-refractivity contribution in [3.63, 3.8) is 0 Å². The smallest absolute Gasteiger partial charge is 0.0566 e. The molecule has 3 unspecified atom stereocenters. The van der Waals surface area contributed by atoms with Gasteiger partial charge in [0.15, 0.2) is 0 Å². The summed E-state index contributed by atoms with van der Waals surface area (Å²) in [6.45, 7) is 8.86. The molecule has 3 heteroatoms. The van der Waals surface area contributed by atoms with Crippen LogP contribution in [0.4, 0.5) is 0 Å². The first-order valence-corrected chi connectivity index (χ1v) is 8.01. The Morgan fingerprint density at radius 2 is 2.17 bits per heavy atom. The number of likely N-dealkylation sites (tertiary alicyclic amines) is 1. The van der Waals surface area contributed by atoms with Gasteiger partial charge in [-0.1, -0.05) is 13.8 Å². The van der Waals surface area contributed by atoms with Crippen molar-refractivity contribution in [3.05, 3.63) is 21.9 Å². The largest absolute Gasteiger partial charge is 0.329 e. The van der Waals surface area contributed by atoms with E-state index >= 15 is 0 Å². The molecule has 0 saturated carbocycles. The second kappa shape index (κ2) is 6.18. The minimum Gasteiger partial charge on any atom is -0.329 e. The van der Waals surface area contributed by atoms with E-state index in [1.54, 1.807) is 0 Å². The standard InChI is InChI=1S/C15H26N2S/c1-4-13-7-8-15(18-13)14(9-16)17-10-11(2)5-6-12(17)3/h7-8,11-12,14H,4-6,9-10,16H2,1-3H3. The third-order valence-electron chi connectivity index (χ3n) is 4.15. The van der Waals surface area contributed by atoms with Crippen LogP contribution in [0.3, 0.4) is 0 Å². The molecule has 1 aliphatic rings. The highest BCUT2D eigenvalue weighted by Crippen LogP contribution is 2.33. The first-order valence-electron chi connectivity index (χ1n) is 7.20. The highest BCUT2D eigenvalue weighted by atomic mass is 32.1. The molecule has 102 valence electrons. The van der Waals surface area contributed by atoms with Crippen molar-refractivity contribution in [2.24, 2.45) is 11.7 Å². The first kappa shape index (κ1) is 14.0. The van der Waals surface area contributed by atoms with E-state index in [-0.39, 0.29) is 0 Å². The Bertz CT molecular complexity index is 374. The molecule has 2 rings (SSSR count). The second-order valence-electron chi connectivity index (χ2n) is 5.64. The third kappa shape index (κ3) is 2.95. The molecule has 0 amide bonds. The van der Waals surface area contributed by atoms with Crippen LogP contribution < -0.4 is 5.73 Å². The van der Waals surface area contributed by atoms with Crippen molar-refractivity contribution in [2.75, 3.05) is 13.1 Å². The minimum atomic E-state index is 0.424. The third-order valence-corrected chi connectivity index (χ3v) is 5.48. The fourth-order valence-electron chi connectivity index (χ4n) is 2.94. The number of nitrogens with two attached hydrogens (primary N) is 1. The maximum atomic E-state index is 6.06. The highest BCUT2D eigenvalue weighted by Gasteiger charge is 2.29. The molecule has 2 heterocycles. The quantitative estimate of drug-likeness (QED) is 0.904. The Hall–Kier alpha value is -0.380. The van der Waals surface area contributed by atoms with Gasteiger partial charge in [0, 0.05) is 28.9 Å². The molecule has 1 aliphatic heterocycles. The summed E-state index contributed by atoms with van der Waals surface area (Å²) in [5.41, 5.74) is 6.06. The summed E-state index contributed by atoms with van der Waals surface area (Å²) in [4.78, 5) is 5.55. The van der Waals surface area contributed by atoms with Crippen LogP contribution in [0.15, 0.2) is 12.1 Å². The van der Waals surface area contributed by atoms with Gasteiger partial charge in [0.25, 0.3) is 0 Å². The van der Waals surface area contributed by atoms with E-state index in [1.165, 1.54) is 29.1 Å². The van der Waals surface area contributed by atoms with Gasteiger partial charge < -0.3 is 5.73 Å². The van der Waals surface area contributed by atoms with Crippen LogP contribution in [-0.2, 0) is 6.42 Å². The molecule has 2 N–H and O–H groups in total. The summed E-state index contributed by atoms with van der Waals surface area (Å²) >= 11 is 1.94. The number of thiophene rings is 1. The van der Waals surface area contributed by atoms with Crippen LogP contribution in [0.2, 0.25) is 0 Å². The zero-order valence-electron chi connectivity index (χ0n) is 11.9. The number of nitrogens with zero attached hydrogens (tertiary/aromatic N) is 1. The number of piperidine rings is 1. The van der Waals surface area contributed by atoms with Gasteiger partial charge in [-0.25, -0.2) is 0 Å². The Labute approximate surface area is 115 Å². The van der Waals surface area contributed by atoms with Gasteiger partial charge in [-0.15, -0.1) is 11.3 Å². The van der Waals surface area contributed by atoms with Crippen LogP contribution in [-0.4, -0.2) is 24.0 Å². The molecule has 1 aromatic rings. The molecule has 0 spiro atoms. The Balaban J connectivity index is 2.16. The fourth-order valence-corrected chi connectivity index (χ4v) is 4.02. The van der Waals surface area contributed by atoms with Crippen LogP contribution in [0.1, 0.15) is 49.4 Å². The second-order valence-corrected chi connectivity index (χ2v) is 6.84. The van der Waals surface area contributed by atoms with Gasteiger partial charge in [0.1, 0.15) is 0 Å². The molecule has 2 nitrogen and oxygen atoms in total. The minimum absolute atomic E-state index is 0.424. The van der Waals surface area contributed by atoms with Gasteiger partial charge in [-0.3, -0.25) is 4.90 Å². The van der Waals surface area contributed by atoms with E-state index in [0.717, 1.165) is 18.9 Å². The lowest BCUT2D eigenvalue weighted by Crippen LogP contribution is -2.45. The van der Waals surface area contributed by atoms with Crippen molar-refractivity contribution in [2.45, 2.75) is 52.1 Å². The van der Waals surface area contributed by atoms with E-state index in [9.17, 15) is 0 Å². The van der Waals surface area contributed by atoms with Crippen molar-refractivity contribution in [1.82, 2.24) is 4.90 Å². The molecule has 0 bridgehead atoms. The topological polar surface area (TPSA) is 29.3 Å². The maximum Gasteiger partial charge on any atom is 0.0566 e. The molecule has 18 heavy (non-hydrogen) atoms. The SMILES string of the molecule is CCc1ccc(C(CN)N2CC(C)CCC2C)s1. The number of hydrogen-bond acceptors (Lipinski definition) is 3. The van der Waals surface area contributed by atoms with Crippen molar-refractivity contribution >= 4 is 11.3 Å². The van der Waals surface area contributed by atoms with Gasteiger partial charge in [0.2, 0.25) is 0 Å². The summed E-state index contributed by atoms with van der Waals surface area (Å²) in [5, 5.41) is 0. The lowest BCUT2D eigenvalue weighted by Gasteiger charge is -2.41. The molecule has 0 aliphatic carbocycles. The van der Waals surface area contributed by atoms with Gasteiger partial charge in [-0.05, 0) is 44.2 Å². The number of aryl methyl sites for hydroxylation is 1. The van der Waals surface area contributed by atoms with E-state index in [1.807, 2.05) is 11.3 Å². The molecular formula is C15H26N2S. The van der Waals surface area contributed by atoms with Crippen molar-refractivity contribution in [1.29, 1.82) is 0 Å². The summed E-state index contributed by atoms with van der Waals surface area (Å²) < 4.78 is 0. The molecule has 0 aromatic carbocycles. The van der Waals surface area contributed by atoms with E-state index in [4.69, 9.17) is 5.73 Å².